The number of benzene rings is 3. The molecule has 1 atom stereocenters. The van der Waals surface area contributed by atoms with Gasteiger partial charge in [-0.25, -0.2) is 0 Å². The van der Waals surface area contributed by atoms with Crippen LogP contribution >= 0.6 is 0 Å². The van der Waals surface area contributed by atoms with E-state index in [2.05, 4.69) is 10.6 Å². The lowest BCUT2D eigenvalue weighted by molar-refractivity contribution is -0.122. The molecule has 0 aliphatic carbocycles. The Morgan fingerprint density at radius 2 is 1.77 bits per heavy atom. The molecule has 4 rings (SSSR count). The third kappa shape index (κ3) is 3.89. The van der Waals surface area contributed by atoms with Crippen LogP contribution in [0.1, 0.15) is 18.9 Å². The van der Waals surface area contributed by atoms with Gasteiger partial charge in [-0.3, -0.25) is 14.4 Å². The van der Waals surface area contributed by atoms with Crippen LogP contribution in [0.2, 0.25) is 0 Å². The lowest BCUT2D eigenvalue weighted by Crippen LogP contribution is -2.28. The molecule has 30 heavy (non-hydrogen) atoms. The van der Waals surface area contributed by atoms with Crippen LogP contribution in [-0.2, 0) is 14.4 Å². The van der Waals surface area contributed by atoms with Crippen LogP contribution in [0, 0.1) is 12.8 Å². The molecule has 3 aromatic rings. The van der Waals surface area contributed by atoms with E-state index in [9.17, 15) is 14.4 Å². The molecule has 6 nitrogen and oxygen atoms in total. The standard InChI is InChI=1S/C24H23N3O3/c1-15-10-11-19(25-16(2)28)13-21(15)26-24(30)18-12-23(29)27(14-18)22-9-5-7-17-6-3-4-8-20(17)22/h3-11,13,18H,12,14H2,1-2H3,(H,25,28)(H,26,30). The number of hydrogen-bond acceptors (Lipinski definition) is 3. The smallest absolute Gasteiger partial charge is 0.229 e. The van der Waals surface area contributed by atoms with Gasteiger partial charge >= 0.3 is 0 Å². The third-order valence-corrected chi connectivity index (χ3v) is 5.37. The van der Waals surface area contributed by atoms with Gasteiger partial charge in [0.2, 0.25) is 17.7 Å². The first-order chi connectivity index (χ1) is 14.4. The van der Waals surface area contributed by atoms with Crippen LogP contribution in [0.25, 0.3) is 10.8 Å². The summed E-state index contributed by atoms with van der Waals surface area (Å²) in [4.78, 5) is 38.6. The second-order valence-electron chi connectivity index (χ2n) is 7.60. The van der Waals surface area contributed by atoms with E-state index < -0.39 is 5.92 Å². The molecule has 1 unspecified atom stereocenters. The van der Waals surface area contributed by atoms with Crippen molar-refractivity contribution in [2.24, 2.45) is 5.92 Å². The van der Waals surface area contributed by atoms with Crippen molar-refractivity contribution in [1.82, 2.24) is 0 Å². The van der Waals surface area contributed by atoms with Crippen molar-refractivity contribution in [3.63, 3.8) is 0 Å². The van der Waals surface area contributed by atoms with E-state index in [0.29, 0.717) is 17.9 Å². The number of nitrogens with one attached hydrogen (secondary N) is 2. The fourth-order valence-corrected chi connectivity index (χ4v) is 3.83. The molecule has 1 saturated heterocycles. The van der Waals surface area contributed by atoms with Crippen molar-refractivity contribution in [3.05, 3.63) is 66.2 Å². The molecular weight excluding hydrogens is 378 g/mol. The molecule has 152 valence electrons. The maximum Gasteiger partial charge on any atom is 0.229 e. The van der Waals surface area contributed by atoms with E-state index in [4.69, 9.17) is 0 Å². The van der Waals surface area contributed by atoms with Gasteiger partial charge in [-0.1, -0.05) is 42.5 Å². The minimum absolute atomic E-state index is 0.0600. The number of carbonyl (C=O) groups excluding carboxylic acids is 3. The van der Waals surface area contributed by atoms with E-state index in [0.717, 1.165) is 22.0 Å². The predicted molar refractivity (Wildman–Crippen MR) is 119 cm³/mol. The lowest BCUT2D eigenvalue weighted by atomic mass is 10.1. The SMILES string of the molecule is CC(=O)Nc1ccc(C)c(NC(=O)C2CC(=O)N(c3cccc4ccccc34)C2)c1. The highest BCUT2D eigenvalue weighted by atomic mass is 16.2. The van der Waals surface area contributed by atoms with E-state index in [1.54, 1.807) is 17.0 Å². The Labute approximate surface area is 174 Å². The second-order valence-corrected chi connectivity index (χ2v) is 7.60. The molecule has 1 heterocycles. The fourth-order valence-electron chi connectivity index (χ4n) is 3.83. The maximum absolute atomic E-state index is 12.9. The first-order valence-electron chi connectivity index (χ1n) is 9.89. The molecule has 0 bridgehead atoms. The number of rotatable bonds is 4. The zero-order valence-electron chi connectivity index (χ0n) is 16.9. The van der Waals surface area contributed by atoms with Gasteiger partial charge < -0.3 is 15.5 Å². The summed E-state index contributed by atoms with van der Waals surface area (Å²) < 4.78 is 0. The molecule has 0 spiro atoms. The van der Waals surface area contributed by atoms with Crippen molar-refractivity contribution in [2.45, 2.75) is 20.3 Å². The molecule has 0 radical (unpaired) electrons. The number of aryl methyl sites for hydroxylation is 1. The normalized spacial score (nSPS) is 16.0. The quantitative estimate of drug-likeness (QED) is 0.691. The van der Waals surface area contributed by atoms with Gasteiger partial charge in [0.15, 0.2) is 0 Å². The van der Waals surface area contributed by atoms with Crippen molar-refractivity contribution in [3.8, 4) is 0 Å². The predicted octanol–water partition coefficient (Wildman–Crippen LogP) is 4.10. The molecule has 1 fully saturated rings. The maximum atomic E-state index is 12.9. The number of amides is 3. The molecule has 3 aromatic carbocycles. The topological polar surface area (TPSA) is 78.5 Å². The number of nitrogens with zero attached hydrogens (tertiary/aromatic N) is 1. The zero-order valence-corrected chi connectivity index (χ0v) is 16.9. The van der Waals surface area contributed by atoms with Gasteiger partial charge in [-0.2, -0.15) is 0 Å². The summed E-state index contributed by atoms with van der Waals surface area (Å²) in [7, 11) is 0. The second kappa shape index (κ2) is 7.99. The lowest BCUT2D eigenvalue weighted by Gasteiger charge is -2.19. The Balaban J connectivity index is 1.53. The fraction of sp³-hybridized carbons (Fsp3) is 0.208. The average Bonchev–Trinajstić information content (AvgIpc) is 3.11. The van der Waals surface area contributed by atoms with E-state index >= 15 is 0 Å². The first kappa shape index (κ1) is 19.6. The summed E-state index contributed by atoms with van der Waals surface area (Å²) in [5, 5.41) is 7.69. The summed E-state index contributed by atoms with van der Waals surface area (Å²) in [5.74, 6) is -0.882. The number of carbonyl (C=O) groups is 3. The largest absolute Gasteiger partial charge is 0.326 e. The molecular formula is C24H23N3O3. The van der Waals surface area contributed by atoms with Crippen LogP contribution in [0.5, 0.6) is 0 Å². The molecule has 1 aliphatic rings. The van der Waals surface area contributed by atoms with Crippen LogP contribution in [0.3, 0.4) is 0 Å². The Morgan fingerprint density at radius 1 is 1.00 bits per heavy atom. The van der Waals surface area contributed by atoms with Crippen molar-refractivity contribution in [2.75, 3.05) is 22.1 Å². The van der Waals surface area contributed by atoms with Gasteiger partial charge in [0, 0.05) is 36.7 Å². The summed E-state index contributed by atoms with van der Waals surface area (Å²) in [6.45, 7) is 3.66. The van der Waals surface area contributed by atoms with Gasteiger partial charge in [-0.15, -0.1) is 0 Å². The third-order valence-electron chi connectivity index (χ3n) is 5.37. The van der Waals surface area contributed by atoms with E-state index in [1.807, 2.05) is 55.5 Å². The summed E-state index contributed by atoms with van der Waals surface area (Å²) in [6, 6.07) is 19.1. The first-order valence-corrected chi connectivity index (χ1v) is 9.89. The van der Waals surface area contributed by atoms with Crippen molar-refractivity contribution >= 4 is 45.6 Å². The summed E-state index contributed by atoms with van der Waals surface area (Å²) >= 11 is 0. The molecule has 3 amide bonds. The average molecular weight is 401 g/mol. The number of hydrogen-bond donors (Lipinski definition) is 2. The van der Waals surface area contributed by atoms with Crippen molar-refractivity contribution < 1.29 is 14.4 Å². The highest BCUT2D eigenvalue weighted by Gasteiger charge is 2.35. The Hall–Kier alpha value is -3.67. The van der Waals surface area contributed by atoms with Gasteiger partial charge in [0.25, 0.3) is 0 Å². The van der Waals surface area contributed by atoms with Gasteiger partial charge in [0.05, 0.1) is 11.6 Å². The highest BCUT2D eigenvalue weighted by Crippen LogP contribution is 2.32. The molecule has 0 saturated carbocycles. The number of anilines is 3. The zero-order chi connectivity index (χ0) is 21.3. The minimum Gasteiger partial charge on any atom is -0.326 e. The highest BCUT2D eigenvalue weighted by molar-refractivity contribution is 6.08. The van der Waals surface area contributed by atoms with Gasteiger partial charge in [0.1, 0.15) is 0 Å². The molecule has 1 aliphatic heterocycles. The minimum atomic E-state index is -0.444. The van der Waals surface area contributed by atoms with E-state index in [-0.39, 0.29) is 24.1 Å². The van der Waals surface area contributed by atoms with Crippen molar-refractivity contribution in [1.29, 1.82) is 0 Å². The van der Waals surface area contributed by atoms with Crippen LogP contribution in [0.15, 0.2) is 60.7 Å². The number of fused-ring (bicyclic) bond motifs is 1. The Morgan fingerprint density at radius 3 is 2.57 bits per heavy atom. The summed E-state index contributed by atoms with van der Waals surface area (Å²) in [5.41, 5.74) is 2.95. The Kier molecular flexibility index (Phi) is 5.23. The van der Waals surface area contributed by atoms with Crippen LogP contribution < -0.4 is 15.5 Å². The van der Waals surface area contributed by atoms with Crippen LogP contribution in [0.4, 0.5) is 17.1 Å². The summed E-state index contributed by atoms with van der Waals surface area (Å²) in [6.07, 6.45) is 0.166. The molecule has 2 N–H and O–H groups in total. The van der Waals surface area contributed by atoms with Gasteiger partial charge in [-0.05, 0) is 36.1 Å². The van der Waals surface area contributed by atoms with E-state index in [1.165, 1.54) is 6.92 Å². The monoisotopic (exact) mass is 401 g/mol. The van der Waals surface area contributed by atoms with Crippen LogP contribution in [-0.4, -0.2) is 24.3 Å². The molecule has 0 aromatic heterocycles. The Bertz CT molecular complexity index is 1150. The molecule has 6 heteroatoms.